The molecule has 3 aromatic rings. The van der Waals surface area contributed by atoms with E-state index in [1.807, 2.05) is 24.3 Å². The van der Waals surface area contributed by atoms with Crippen LogP contribution in [0.4, 0.5) is 5.69 Å². The van der Waals surface area contributed by atoms with Crippen molar-refractivity contribution in [2.75, 3.05) is 5.75 Å². The van der Waals surface area contributed by atoms with Crippen molar-refractivity contribution < 1.29 is 22.5 Å². The van der Waals surface area contributed by atoms with Crippen molar-refractivity contribution in [3.8, 4) is 0 Å². The summed E-state index contributed by atoms with van der Waals surface area (Å²) in [7, 11) is -3.91. The second-order valence-corrected chi connectivity index (χ2v) is 8.17. The summed E-state index contributed by atoms with van der Waals surface area (Å²) in [6.45, 7) is 4.34. The maximum absolute atomic E-state index is 10.7. The molecule has 0 fully saturated rings. The molecule has 1 heterocycles. The van der Waals surface area contributed by atoms with Gasteiger partial charge in [-0.25, -0.2) is 8.42 Å². The maximum atomic E-state index is 10.7. The molecule has 2 aromatic carbocycles. The van der Waals surface area contributed by atoms with E-state index in [1.54, 1.807) is 12.1 Å². The van der Waals surface area contributed by atoms with Gasteiger partial charge in [0.2, 0.25) is 11.2 Å². The van der Waals surface area contributed by atoms with Gasteiger partial charge in [-0.1, -0.05) is 37.3 Å². The molecule has 0 amide bonds. The first-order valence-corrected chi connectivity index (χ1v) is 11.3. The standard InChI is InChI=1S/C21H19N2O2.C2H6O3S/c1-2-22-19(16-13-18-8-4-6-10-21(18)22)9-5-3-7-17-11-14-20(15-12-17)23(24)25;1-2-6(3,4)5/h3-16H,2H2,1H3;2H2,1H3,(H,3,4,5)/q+1;/p-1. The second kappa shape index (κ2) is 11.1. The van der Waals surface area contributed by atoms with E-state index in [0.29, 0.717) is 0 Å². The van der Waals surface area contributed by atoms with Crippen molar-refractivity contribution in [2.45, 2.75) is 20.4 Å². The van der Waals surface area contributed by atoms with Gasteiger partial charge in [-0.15, -0.1) is 0 Å². The minimum absolute atomic E-state index is 0.104. The zero-order chi connectivity index (χ0) is 22.9. The Morgan fingerprint density at radius 1 is 0.935 bits per heavy atom. The number of hydrogen-bond acceptors (Lipinski definition) is 5. The summed E-state index contributed by atoms with van der Waals surface area (Å²) in [6, 6.07) is 19.1. The Morgan fingerprint density at radius 3 is 2.13 bits per heavy atom. The molecule has 0 aliphatic heterocycles. The van der Waals surface area contributed by atoms with Crippen molar-refractivity contribution in [2.24, 2.45) is 0 Å². The molecule has 0 spiro atoms. The fourth-order valence-electron chi connectivity index (χ4n) is 2.80. The summed E-state index contributed by atoms with van der Waals surface area (Å²) in [5.41, 5.74) is 3.38. The van der Waals surface area contributed by atoms with Gasteiger partial charge in [-0.3, -0.25) is 10.1 Å². The number of para-hydroxylation sites is 1. The Balaban J connectivity index is 0.000000501. The van der Waals surface area contributed by atoms with E-state index in [4.69, 9.17) is 0 Å². The highest BCUT2D eigenvalue weighted by molar-refractivity contribution is 7.85. The minimum Gasteiger partial charge on any atom is -0.748 e. The molecule has 8 heteroatoms. The maximum Gasteiger partial charge on any atom is 0.269 e. The van der Waals surface area contributed by atoms with Crippen LogP contribution in [0.2, 0.25) is 0 Å². The Kier molecular flexibility index (Phi) is 8.60. The number of fused-ring (bicyclic) bond motifs is 1. The van der Waals surface area contributed by atoms with E-state index in [9.17, 15) is 23.1 Å². The van der Waals surface area contributed by atoms with Gasteiger partial charge in [0.25, 0.3) is 5.69 Å². The van der Waals surface area contributed by atoms with Crippen LogP contribution in [0.3, 0.4) is 0 Å². The van der Waals surface area contributed by atoms with Crippen molar-refractivity contribution in [3.05, 3.63) is 94.2 Å². The molecule has 1 aromatic heterocycles. The lowest BCUT2D eigenvalue weighted by atomic mass is 10.1. The number of rotatable bonds is 6. The molecule has 0 aliphatic carbocycles. The van der Waals surface area contributed by atoms with Crippen LogP contribution >= 0.6 is 0 Å². The monoisotopic (exact) mass is 440 g/mol. The number of aromatic nitrogens is 1. The number of allylic oxidation sites excluding steroid dienone is 2. The van der Waals surface area contributed by atoms with Gasteiger partial charge >= 0.3 is 0 Å². The normalized spacial score (nSPS) is 11.6. The van der Waals surface area contributed by atoms with Crippen LogP contribution in [0, 0.1) is 10.1 Å². The zero-order valence-corrected chi connectivity index (χ0v) is 18.2. The zero-order valence-electron chi connectivity index (χ0n) is 17.3. The predicted molar refractivity (Wildman–Crippen MR) is 121 cm³/mol. The number of nitrogens with zero attached hydrogens (tertiary/aromatic N) is 2. The van der Waals surface area contributed by atoms with Crippen LogP contribution < -0.4 is 4.57 Å². The molecule has 7 nitrogen and oxygen atoms in total. The second-order valence-electron chi connectivity index (χ2n) is 6.47. The Morgan fingerprint density at radius 2 is 1.55 bits per heavy atom. The summed E-state index contributed by atoms with van der Waals surface area (Å²) in [6.07, 6.45) is 7.92. The lowest BCUT2D eigenvalue weighted by Gasteiger charge is -2.02. The molecule has 0 aliphatic rings. The van der Waals surface area contributed by atoms with E-state index in [0.717, 1.165) is 17.8 Å². The Bertz CT molecular complexity index is 1200. The van der Waals surface area contributed by atoms with Crippen LogP contribution in [0.15, 0.2) is 72.8 Å². The number of non-ortho nitro benzene ring substituents is 1. The third kappa shape index (κ3) is 7.44. The SMILES string of the molecule is CCS(=O)(=O)[O-].CC[n+]1c(C=CC=Cc2ccc([N+](=O)[O-])cc2)ccc2ccccc21. The number of nitro benzene ring substituents is 1. The first-order chi connectivity index (χ1) is 14.7. The van der Waals surface area contributed by atoms with E-state index in [2.05, 4.69) is 47.9 Å². The molecular formula is C23H24N2O5S. The average Bonchev–Trinajstić information content (AvgIpc) is 2.76. The van der Waals surface area contributed by atoms with E-state index >= 15 is 0 Å². The number of nitro groups is 1. The highest BCUT2D eigenvalue weighted by atomic mass is 32.2. The largest absolute Gasteiger partial charge is 0.748 e. The molecule has 0 unspecified atom stereocenters. The smallest absolute Gasteiger partial charge is 0.269 e. The minimum atomic E-state index is -3.91. The molecule has 0 atom stereocenters. The Hall–Kier alpha value is -3.36. The van der Waals surface area contributed by atoms with Crippen LogP contribution in [0.1, 0.15) is 25.1 Å². The summed E-state index contributed by atoms with van der Waals surface area (Å²) >= 11 is 0. The van der Waals surface area contributed by atoms with Crippen LogP contribution in [-0.2, 0) is 16.7 Å². The summed E-state index contributed by atoms with van der Waals surface area (Å²) in [5.74, 6) is -0.312. The molecule has 31 heavy (non-hydrogen) atoms. The van der Waals surface area contributed by atoms with Crippen molar-refractivity contribution >= 4 is 38.9 Å². The number of benzene rings is 2. The molecule has 0 saturated carbocycles. The molecule has 0 radical (unpaired) electrons. The molecule has 162 valence electrons. The van der Waals surface area contributed by atoms with Crippen LogP contribution in [0.25, 0.3) is 23.1 Å². The summed E-state index contributed by atoms with van der Waals surface area (Å²) in [4.78, 5) is 10.3. The van der Waals surface area contributed by atoms with Gasteiger partial charge in [0.1, 0.15) is 6.54 Å². The quantitative estimate of drug-likeness (QED) is 0.186. The van der Waals surface area contributed by atoms with E-state index in [1.165, 1.54) is 30.0 Å². The fraction of sp³-hybridized carbons (Fsp3) is 0.174. The van der Waals surface area contributed by atoms with Crippen molar-refractivity contribution in [1.29, 1.82) is 0 Å². The molecule has 3 rings (SSSR count). The number of aryl methyl sites for hydroxylation is 1. The third-order valence-electron chi connectivity index (χ3n) is 4.41. The van der Waals surface area contributed by atoms with E-state index < -0.39 is 15.0 Å². The average molecular weight is 441 g/mol. The molecule has 0 saturated heterocycles. The number of pyridine rings is 1. The number of hydrogen-bond donors (Lipinski definition) is 0. The Labute approximate surface area is 181 Å². The lowest BCUT2D eigenvalue weighted by molar-refractivity contribution is -0.669. The van der Waals surface area contributed by atoms with Gasteiger partial charge in [0.05, 0.1) is 15.0 Å². The van der Waals surface area contributed by atoms with Gasteiger partial charge in [0.15, 0.2) is 0 Å². The highest BCUT2D eigenvalue weighted by Crippen LogP contribution is 2.14. The highest BCUT2D eigenvalue weighted by Gasteiger charge is 2.10. The van der Waals surface area contributed by atoms with Crippen LogP contribution in [0.5, 0.6) is 0 Å². The first-order valence-electron chi connectivity index (χ1n) is 9.69. The van der Waals surface area contributed by atoms with Crippen LogP contribution in [-0.4, -0.2) is 23.6 Å². The van der Waals surface area contributed by atoms with E-state index in [-0.39, 0.29) is 11.4 Å². The van der Waals surface area contributed by atoms with Crippen molar-refractivity contribution in [1.82, 2.24) is 0 Å². The topological polar surface area (TPSA) is 104 Å². The predicted octanol–water partition coefficient (Wildman–Crippen LogP) is 4.33. The molecule has 0 bridgehead atoms. The van der Waals surface area contributed by atoms with Gasteiger partial charge in [-0.2, -0.15) is 4.57 Å². The first kappa shape index (κ1) is 23.9. The summed E-state index contributed by atoms with van der Waals surface area (Å²) in [5, 5.41) is 11.9. The van der Waals surface area contributed by atoms with Gasteiger partial charge in [0, 0.05) is 41.5 Å². The van der Waals surface area contributed by atoms with Crippen molar-refractivity contribution in [3.63, 3.8) is 0 Å². The summed E-state index contributed by atoms with van der Waals surface area (Å²) < 4.78 is 30.6. The molecule has 0 N–H and O–H groups in total. The lowest BCUT2D eigenvalue weighted by Crippen LogP contribution is -2.36. The van der Waals surface area contributed by atoms with Gasteiger partial charge in [-0.05, 0) is 36.8 Å². The molecular weight excluding hydrogens is 416 g/mol. The fourth-order valence-corrected chi connectivity index (χ4v) is 2.80. The third-order valence-corrected chi connectivity index (χ3v) is 5.12. The van der Waals surface area contributed by atoms with Gasteiger partial charge < -0.3 is 4.55 Å².